The monoisotopic (exact) mass is 330 g/mol. The third-order valence-corrected chi connectivity index (χ3v) is 4.33. The Labute approximate surface area is 140 Å². The topological polar surface area (TPSA) is 48.9 Å². The van der Waals surface area contributed by atoms with Gasteiger partial charge in [-0.25, -0.2) is 0 Å². The van der Waals surface area contributed by atoms with Crippen molar-refractivity contribution in [1.29, 1.82) is 0 Å². The van der Waals surface area contributed by atoms with Crippen LogP contribution in [0.4, 0.5) is 0 Å². The van der Waals surface area contributed by atoms with Gasteiger partial charge in [-0.1, -0.05) is 13.8 Å². The second kappa shape index (κ2) is 12.0. The molecule has 0 bridgehead atoms. The van der Waals surface area contributed by atoms with Crippen LogP contribution < -0.4 is 10.6 Å². The number of rotatable bonds is 9. The summed E-state index contributed by atoms with van der Waals surface area (Å²) in [7, 11) is 1.82. The van der Waals surface area contributed by atoms with Crippen molar-refractivity contribution in [3.8, 4) is 0 Å². The first-order valence-corrected chi connectivity index (χ1v) is 9.82. The van der Waals surface area contributed by atoms with Gasteiger partial charge >= 0.3 is 0 Å². The van der Waals surface area contributed by atoms with Crippen LogP contribution in [0.5, 0.6) is 0 Å². The standard InChI is InChI=1S/C16H34N4OS/c1-14(2)12-20-8-9-21-15(13-20)11-19-16(17-3)18-7-5-6-10-22-4/h14-15H,5-13H2,1-4H3,(H2,17,18,19). The van der Waals surface area contributed by atoms with Crippen LogP contribution in [0.15, 0.2) is 4.99 Å². The predicted molar refractivity (Wildman–Crippen MR) is 98.0 cm³/mol. The highest BCUT2D eigenvalue weighted by atomic mass is 32.2. The Bertz CT molecular complexity index is 313. The van der Waals surface area contributed by atoms with E-state index in [1.54, 1.807) is 0 Å². The summed E-state index contributed by atoms with van der Waals surface area (Å²) < 4.78 is 5.85. The quantitative estimate of drug-likeness (QED) is 0.382. The van der Waals surface area contributed by atoms with Crippen LogP contribution in [0.2, 0.25) is 0 Å². The van der Waals surface area contributed by atoms with Gasteiger partial charge in [0.2, 0.25) is 0 Å². The summed E-state index contributed by atoms with van der Waals surface area (Å²) in [6, 6.07) is 0. The maximum absolute atomic E-state index is 5.85. The molecule has 1 fully saturated rings. The van der Waals surface area contributed by atoms with Crippen LogP contribution in [-0.2, 0) is 4.74 Å². The molecule has 0 radical (unpaired) electrons. The Kier molecular flexibility index (Phi) is 10.7. The molecule has 1 atom stereocenters. The highest BCUT2D eigenvalue weighted by Gasteiger charge is 2.20. The van der Waals surface area contributed by atoms with Gasteiger partial charge < -0.3 is 15.4 Å². The van der Waals surface area contributed by atoms with Crippen molar-refractivity contribution < 1.29 is 4.74 Å². The summed E-state index contributed by atoms with van der Waals surface area (Å²) in [5.41, 5.74) is 0. The molecule has 0 aliphatic carbocycles. The van der Waals surface area contributed by atoms with Crippen molar-refractivity contribution in [1.82, 2.24) is 15.5 Å². The van der Waals surface area contributed by atoms with Gasteiger partial charge in [-0.15, -0.1) is 0 Å². The third-order valence-electron chi connectivity index (χ3n) is 3.63. The summed E-state index contributed by atoms with van der Waals surface area (Å²) in [4.78, 5) is 6.78. The maximum atomic E-state index is 5.85. The largest absolute Gasteiger partial charge is 0.374 e. The van der Waals surface area contributed by atoms with Gasteiger partial charge in [0.25, 0.3) is 0 Å². The van der Waals surface area contributed by atoms with E-state index in [0.717, 1.165) is 45.3 Å². The molecule has 5 nitrogen and oxygen atoms in total. The second-order valence-corrected chi connectivity index (χ2v) is 7.21. The van der Waals surface area contributed by atoms with Crippen LogP contribution in [0.1, 0.15) is 26.7 Å². The Morgan fingerprint density at radius 1 is 1.36 bits per heavy atom. The van der Waals surface area contributed by atoms with E-state index in [1.807, 2.05) is 18.8 Å². The fraction of sp³-hybridized carbons (Fsp3) is 0.938. The van der Waals surface area contributed by atoms with Gasteiger partial charge in [0, 0.05) is 39.8 Å². The molecule has 0 spiro atoms. The fourth-order valence-corrected chi connectivity index (χ4v) is 3.09. The van der Waals surface area contributed by atoms with Crippen molar-refractivity contribution in [3.63, 3.8) is 0 Å². The van der Waals surface area contributed by atoms with Gasteiger partial charge in [-0.05, 0) is 30.8 Å². The molecule has 1 aliphatic heterocycles. The minimum atomic E-state index is 0.252. The fourth-order valence-electron chi connectivity index (χ4n) is 2.60. The minimum Gasteiger partial charge on any atom is -0.374 e. The molecule has 130 valence electrons. The molecule has 0 amide bonds. The molecule has 2 N–H and O–H groups in total. The number of guanidine groups is 1. The van der Waals surface area contributed by atoms with E-state index >= 15 is 0 Å². The molecule has 6 heteroatoms. The number of nitrogens with zero attached hydrogens (tertiary/aromatic N) is 2. The lowest BCUT2D eigenvalue weighted by atomic mass is 10.2. The van der Waals surface area contributed by atoms with Gasteiger partial charge in [-0.2, -0.15) is 11.8 Å². The number of unbranched alkanes of at least 4 members (excludes halogenated alkanes) is 1. The second-order valence-electron chi connectivity index (χ2n) is 6.23. The zero-order valence-corrected chi connectivity index (χ0v) is 15.5. The number of hydrogen-bond donors (Lipinski definition) is 2. The van der Waals surface area contributed by atoms with Gasteiger partial charge in [-0.3, -0.25) is 9.89 Å². The lowest BCUT2D eigenvalue weighted by molar-refractivity contribution is -0.0284. The Morgan fingerprint density at radius 3 is 2.86 bits per heavy atom. The van der Waals surface area contributed by atoms with E-state index in [4.69, 9.17) is 4.74 Å². The number of morpholine rings is 1. The van der Waals surface area contributed by atoms with Crippen LogP contribution in [0, 0.1) is 5.92 Å². The molecule has 1 aliphatic rings. The number of nitrogens with one attached hydrogen (secondary N) is 2. The first kappa shape index (κ1) is 19.6. The van der Waals surface area contributed by atoms with Crippen molar-refractivity contribution in [2.24, 2.45) is 10.9 Å². The molecule has 0 aromatic rings. The van der Waals surface area contributed by atoms with Crippen molar-refractivity contribution in [2.75, 3.05) is 58.4 Å². The first-order valence-electron chi connectivity index (χ1n) is 8.43. The average Bonchev–Trinajstić information content (AvgIpc) is 2.50. The average molecular weight is 331 g/mol. The van der Waals surface area contributed by atoms with Gasteiger partial charge in [0.05, 0.1) is 12.7 Å². The Hall–Kier alpha value is -0.460. The summed E-state index contributed by atoms with van der Waals surface area (Å²) in [6.45, 7) is 10.4. The zero-order chi connectivity index (χ0) is 16.2. The minimum absolute atomic E-state index is 0.252. The van der Waals surface area contributed by atoms with Gasteiger partial charge in [0.1, 0.15) is 0 Å². The maximum Gasteiger partial charge on any atom is 0.191 e. The smallest absolute Gasteiger partial charge is 0.191 e. The normalized spacial score (nSPS) is 20.4. The highest BCUT2D eigenvalue weighted by Crippen LogP contribution is 2.07. The Balaban J connectivity index is 2.19. The van der Waals surface area contributed by atoms with E-state index in [2.05, 4.69) is 40.6 Å². The van der Waals surface area contributed by atoms with E-state index in [1.165, 1.54) is 18.6 Å². The predicted octanol–water partition coefficient (Wildman–Crippen LogP) is 1.65. The molecule has 0 aromatic heterocycles. The number of aliphatic imine (C=N–C) groups is 1. The molecule has 1 rings (SSSR count). The van der Waals surface area contributed by atoms with Crippen LogP contribution in [-0.4, -0.2) is 75.4 Å². The van der Waals surface area contributed by atoms with E-state index in [0.29, 0.717) is 5.92 Å². The molecule has 22 heavy (non-hydrogen) atoms. The highest BCUT2D eigenvalue weighted by molar-refractivity contribution is 7.98. The summed E-state index contributed by atoms with van der Waals surface area (Å²) >= 11 is 1.90. The third kappa shape index (κ3) is 8.86. The summed E-state index contributed by atoms with van der Waals surface area (Å²) in [6.07, 6.45) is 4.84. The molecule has 0 saturated carbocycles. The van der Waals surface area contributed by atoms with Crippen LogP contribution in [0.25, 0.3) is 0 Å². The Morgan fingerprint density at radius 2 is 2.18 bits per heavy atom. The summed E-state index contributed by atoms with van der Waals surface area (Å²) in [5, 5.41) is 6.76. The van der Waals surface area contributed by atoms with Crippen molar-refractivity contribution >= 4 is 17.7 Å². The van der Waals surface area contributed by atoms with Crippen molar-refractivity contribution in [2.45, 2.75) is 32.8 Å². The SMILES string of the molecule is CN=C(NCCCCSC)NCC1CN(CC(C)C)CCO1. The number of thioether (sulfide) groups is 1. The molecular weight excluding hydrogens is 296 g/mol. The number of hydrogen-bond acceptors (Lipinski definition) is 4. The van der Waals surface area contributed by atoms with Gasteiger partial charge in [0.15, 0.2) is 5.96 Å². The first-order chi connectivity index (χ1) is 10.7. The van der Waals surface area contributed by atoms with Crippen LogP contribution in [0.3, 0.4) is 0 Å². The lowest BCUT2D eigenvalue weighted by Gasteiger charge is -2.34. The van der Waals surface area contributed by atoms with Crippen LogP contribution >= 0.6 is 11.8 Å². The number of ether oxygens (including phenoxy) is 1. The molecule has 0 aromatic carbocycles. The zero-order valence-electron chi connectivity index (χ0n) is 14.7. The van der Waals surface area contributed by atoms with E-state index in [-0.39, 0.29) is 6.10 Å². The summed E-state index contributed by atoms with van der Waals surface area (Å²) in [5.74, 6) is 2.83. The molecule has 1 unspecified atom stereocenters. The molecular formula is C16H34N4OS. The van der Waals surface area contributed by atoms with E-state index < -0.39 is 0 Å². The molecule has 1 saturated heterocycles. The van der Waals surface area contributed by atoms with Crippen molar-refractivity contribution in [3.05, 3.63) is 0 Å². The van der Waals surface area contributed by atoms with E-state index in [9.17, 15) is 0 Å². The lowest BCUT2D eigenvalue weighted by Crippen LogP contribution is -2.50. The molecule has 1 heterocycles.